The summed E-state index contributed by atoms with van der Waals surface area (Å²) in [7, 11) is 0. The van der Waals surface area contributed by atoms with E-state index in [1.165, 1.54) is 6.20 Å². The van der Waals surface area contributed by atoms with E-state index in [4.69, 9.17) is 4.42 Å². The Morgan fingerprint density at radius 1 is 1.21 bits per heavy atom. The molecule has 0 radical (unpaired) electrons. The standard InChI is InChI=1S/C16H10F3NO3S/c17-16(18,19)14-10-5-4-9(21)7-12(10)23-15(22)11(14)8-24-13-3-1-2-6-20-13/h1-7,21H,8H2. The number of halogens is 3. The molecule has 3 rings (SSSR count). The van der Waals surface area contributed by atoms with Crippen LogP contribution in [0.5, 0.6) is 5.75 Å². The smallest absolute Gasteiger partial charge is 0.417 e. The first-order valence-electron chi connectivity index (χ1n) is 6.76. The van der Waals surface area contributed by atoms with Crippen molar-refractivity contribution in [1.29, 1.82) is 0 Å². The molecule has 0 saturated heterocycles. The lowest BCUT2D eigenvalue weighted by molar-refractivity contribution is -0.137. The molecule has 0 fully saturated rings. The summed E-state index contributed by atoms with van der Waals surface area (Å²) < 4.78 is 45.5. The number of benzene rings is 1. The minimum atomic E-state index is -4.73. The molecule has 24 heavy (non-hydrogen) atoms. The summed E-state index contributed by atoms with van der Waals surface area (Å²) in [5.41, 5.74) is -2.91. The number of aromatic hydroxyl groups is 1. The van der Waals surface area contributed by atoms with Gasteiger partial charge in [0, 0.05) is 23.4 Å². The molecule has 2 aromatic heterocycles. The van der Waals surface area contributed by atoms with Gasteiger partial charge in [-0.2, -0.15) is 13.2 Å². The maximum atomic E-state index is 13.5. The van der Waals surface area contributed by atoms with E-state index in [1.54, 1.807) is 18.2 Å². The SMILES string of the molecule is O=c1oc2cc(O)ccc2c(C(F)(F)F)c1CSc1ccccn1. The Bertz CT molecular complexity index is 939. The number of nitrogens with zero attached hydrogens (tertiary/aromatic N) is 1. The second-order valence-electron chi connectivity index (χ2n) is 4.88. The van der Waals surface area contributed by atoms with Gasteiger partial charge in [-0.1, -0.05) is 6.07 Å². The van der Waals surface area contributed by atoms with Gasteiger partial charge in [0.05, 0.1) is 16.2 Å². The van der Waals surface area contributed by atoms with Crippen LogP contribution >= 0.6 is 11.8 Å². The summed E-state index contributed by atoms with van der Waals surface area (Å²) in [5.74, 6) is -0.514. The van der Waals surface area contributed by atoms with Gasteiger partial charge in [0.1, 0.15) is 11.3 Å². The minimum absolute atomic E-state index is 0.231. The third kappa shape index (κ3) is 3.23. The molecule has 2 heterocycles. The molecule has 0 amide bonds. The minimum Gasteiger partial charge on any atom is -0.508 e. The summed E-state index contributed by atoms with van der Waals surface area (Å²) in [4.78, 5) is 16.1. The number of hydrogen-bond donors (Lipinski definition) is 1. The number of thioether (sulfide) groups is 1. The zero-order chi connectivity index (χ0) is 17.3. The number of phenolic OH excluding ortho intramolecular Hbond substituents is 1. The van der Waals surface area contributed by atoms with Crippen LogP contribution in [-0.4, -0.2) is 10.1 Å². The maximum Gasteiger partial charge on any atom is 0.417 e. The molecule has 0 unspecified atom stereocenters. The molecule has 0 aliphatic heterocycles. The van der Waals surface area contributed by atoms with Crippen LogP contribution in [0, 0.1) is 0 Å². The fourth-order valence-corrected chi connectivity index (χ4v) is 3.13. The van der Waals surface area contributed by atoms with Crippen LogP contribution in [0.3, 0.4) is 0 Å². The number of aromatic nitrogens is 1. The van der Waals surface area contributed by atoms with Crippen LogP contribution in [0.25, 0.3) is 11.0 Å². The lowest BCUT2D eigenvalue weighted by Crippen LogP contribution is -2.18. The molecule has 3 aromatic rings. The number of phenols is 1. The largest absolute Gasteiger partial charge is 0.508 e. The van der Waals surface area contributed by atoms with Crippen molar-refractivity contribution in [2.24, 2.45) is 0 Å². The van der Waals surface area contributed by atoms with Gasteiger partial charge in [-0.15, -0.1) is 11.8 Å². The summed E-state index contributed by atoms with van der Waals surface area (Å²) in [6, 6.07) is 8.21. The first-order valence-corrected chi connectivity index (χ1v) is 7.74. The van der Waals surface area contributed by atoms with Gasteiger partial charge < -0.3 is 9.52 Å². The van der Waals surface area contributed by atoms with Gasteiger partial charge >= 0.3 is 11.8 Å². The zero-order valence-corrected chi connectivity index (χ0v) is 12.8. The predicted molar refractivity (Wildman–Crippen MR) is 82.9 cm³/mol. The number of alkyl halides is 3. The Morgan fingerprint density at radius 2 is 2.00 bits per heavy atom. The van der Waals surface area contributed by atoms with Crippen molar-refractivity contribution < 1.29 is 22.7 Å². The van der Waals surface area contributed by atoms with Gasteiger partial charge in [0.15, 0.2) is 0 Å². The first kappa shape index (κ1) is 16.4. The van der Waals surface area contributed by atoms with Gasteiger partial charge in [0.2, 0.25) is 0 Å². The fraction of sp³-hybridized carbons (Fsp3) is 0.125. The van der Waals surface area contributed by atoms with E-state index < -0.39 is 22.9 Å². The van der Waals surface area contributed by atoms with Crippen molar-refractivity contribution in [2.75, 3.05) is 0 Å². The number of fused-ring (bicyclic) bond motifs is 1. The molecule has 0 aliphatic rings. The quantitative estimate of drug-likeness (QED) is 0.565. The lowest BCUT2D eigenvalue weighted by Gasteiger charge is -2.14. The predicted octanol–water partition coefficient (Wildman–Crippen LogP) is 4.20. The molecule has 124 valence electrons. The number of pyridine rings is 1. The molecular weight excluding hydrogens is 343 g/mol. The monoisotopic (exact) mass is 353 g/mol. The lowest BCUT2D eigenvalue weighted by atomic mass is 10.0. The van der Waals surface area contributed by atoms with Crippen molar-refractivity contribution in [3.8, 4) is 5.75 Å². The van der Waals surface area contributed by atoms with Crippen LogP contribution in [0.2, 0.25) is 0 Å². The van der Waals surface area contributed by atoms with Gasteiger partial charge in [-0.05, 0) is 24.3 Å². The molecular formula is C16H10F3NO3S. The van der Waals surface area contributed by atoms with E-state index in [9.17, 15) is 23.1 Å². The molecule has 0 spiro atoms. The van der Waals surface area contributed by atoms with Crippen LogP contribution in [0.15, 0.2) is 56.8 Å². The molecule has 0 aliphatic carbocycles. The van der Waals surface area contributed by atoms with Crippen molar-refractivity contribution >= 4 is 22.7 Å². The van der Waals surface area contributed by atoms with Crippen LogP contribution in [0.1, 0.15) is 11.1 Å². The fourth-order valence-electron chi connectivity index (χ4n) is 2.26. The van der Waals surface area contributed by atoms with E-state index in [1.807, 2.05) is 0 Å². The third-order valence-corrected chi connectivity index (χ3v) is 4.24. The Balaban J connectivity index is 2.14. The zero-order valence-electron chi connectivity index (χ0n) is 12.0. The molecule has 8 heteroatoms. The third-order valence-electron chi connectivity index (χ3n) is 3.27. The highest BCUT2D eigenvalue weighted by Crippen LogP contribution is 2.38. The highest BCUT2D eigenvalue weighted by atomic mass is 32.2. The normalized spacial score (nSPS) is 11.8. The average molecular weight is 353 g/mol. The van der Waals surface area contributed by atoms with Crippen LogP contribution < -0.4 is 5.63 Å². The van der Waals surface area contributed by atoms with E-state index in [-0.39, 0.29) is 22.5 Å². The molecule has 0 bridgehead atoms. The number of hydrogen-bond acceptors (Lipinski definition) is 5. The van der Waals surface area contributed by atoms with Gasteiger partial charge in [-0.25, -0.2) is 9.78 Å². The van der Waals surface area contributed by atoms with Gasteiger partial charge in [-0.3, -0.25) is 0 Å². The van der Waals surface area contributed by atoms with E-state index in [0.29, 0.717) is 5.03 Å². The van der Waals surface area contributed by atoms with Crippen LogP contribution in [0.4, 0.5) is 13.2 Å². The highest BCUT2D eigenvalue weighted by Gasteiger charge is 2.37. The molecule has 0 atom stereocenters. The first-order chi connectivity index (χ1) is 11.4. The average Bonchev–Trinajstić information content (AvgIpc) is 2.52. The molecule has 1 aromatic carbocycles. The Morgan fingerprint density at radius 3 is 2.67 bits per heavy atom. The van der Waals surface area contributed by atoms with Crippen molar-refractivity contribution in [1.82, 2.24) is 4.98 Å². The van der Waals surface area contributed by atoms with Crippen molar-refractivity contribution in [3.05, 3.63) is 64.1 Å². The maximum absolute atomic E-state index is 13.5. The Labute approximate surface area is 137 Å². The molecule has 1 N–H and O–H groups in total. The van der Waals surface area contributed by atoms with Gasteiger partial charge in [0.25, 0.3) is 0 Å². The van der Waals surface area contributed by atoms with Crippen molar-refractivity contribution in [2.45, 2.75) is 17.0 Å². The topological polar surface area (TPSA) is 63.3 Å². The summed E-state index contributed by atoms with van der Waals surface area (Å²) in [5, 5.41) is 9.61. The van der Waals surface area contributed by atoms with E-state index in [2.05, 4.69) is 4.98 Å². The van der Waals surface area contributed by atoms with Crippen LogP contribution in [-0.2, 0) is 11.9 Å². The van der Waals surface area contributed by atoms with E-state index >= 15 is 0 Å². The summed E-state index contributed by atoms with van der Waals surface area (Å²) in [6.07, 6.45) is -3.22. The molecule has 0 saturated carbocycles. The summed E-state index contributed by atoms with van der Waals surface area (Å²) in [6.45, 7) is 0. The second kappa shape index (κ2) is 6.20. The van der Waals surface area contributed by atoms with E-state index in [0.717, 1.165) is 30.0 Å². The Hall–Kier alpha value is -2.48. The number of rotatable bonds is 3. The highest BCUT2D eigenvalue weighted by molar-refractivity contribution is 7.98. The van der Waals surface area contributed by atoms with Crippen molar-refractivity contribution in [3.63, 3.8) is 0 Å². The molecule has 4 nitrogen and oxygen atoms in total. The Kier molecular flexibility index (Phi) is 4.23. The second-order valence-corrected chi connectivity index (χ2v) is 5.87. The summed E-state index contributed by atoms with van der Waals surface area (Å²) >= 11 is 1.01.